The minimum atomic E-state index is -0.810. The molecule has 2 rings (SSSR count). The Balaban J connectivity index is 2.37. The Bertz CT molecular complexity index is 458. The van der Waals surface area contributed by atoms with E-state index in [0.29, 0.717) is 5.88 Å². The molecule has 1 fully saturated rings. The lowest BCUT2D eigenvalue weighted by atomic mass is 10.1. The molecule has 1 amide bonds. The number of carbonyl (C=O) groups is 1. The van der Waals surface area contributed by atoms with Crippen molar-refractivity contribution in [2.45, 2.75) is 6.42 Å². The molecular weight excluding hydrogens is 264 g/mol. The molecule has 1 aliphatic rings. The molecule has 0 N–H and O–H groups in total. The SMILES string of the molecule is COc1cc(F)c(N2CC(CCl)CC2=O)c(F)c1. The molecule has 18 heavy (non-hydrogen) atoms. The van der Waals surface area contributed by atoms with Crippen LogP contribution in [-0.4, -0.2) is 25.4 Å². The quantitative estimate of drug-likeness (QED) is 0.794. The smallest absolute Gasteiger partial charge is 0.227 e. The standard InChI is InChI=1S/C12H12ClF2NO2/c1-18-8-3-9(14)12(10(15)4-8)16-6-7(5-13)2-11(16)17/h3-4,7H,2,5-6H2,1H3. The summed E-state index contributed by atoms with van der Waals surface area (Å²) in [7, 11) is 1.32. The van der Waals surface area contributed by atoms with Crippen LogP contribution < -0.4 is 9.64 Å². The van der Waals surface area contributed by atoms with Gasteiger partial charge in [-0.15, -0.1) is 11.6 Å². The minimum absolute atomic E-state index is 0.0694. The molecule has 1 aliphatic heterocycles. The van der Waals surface area contributed by atoms with Crippen LogP contribution in [0.1, 0.15) is 6.42 Å². The van der Waals surface area contributed by atoms with Gasteiger partial charge in [-0.2, -0.15) is 0 Å². The van der Waals surface area contributed by atoms with Gasteiger partial charge in [0.25, 0.3) is 0 Å². The largest absolute Gasteiger partial charge is 0.497 e. The number of nitrogens with zero attached hydrogens (tertiary/aromatic N) is 1. The third-order valence-corrected chi connectivity index (χ3v) is 3.36. The summed E-state index contributed by atoms with van der Waals surface area (Å²) >= 11 is 5.67. The van der Waals surface area contributed by atoms with Gasteiger partial charge in [0.15, 0.2) is 11.6 Å². The average molecular weight is 276 g/mol. The molecular formula is C12H12ClF2NO2. The summed E-state index contributed by atoms with van der Waals surface area (Å²) in [4.78, 5) is 12.8. The highest BCUT2D eigenvalue weighted by Gasteiger charge is 2.33. The Kier molecular flexibility index (Phi) is 3.71. The zero-order valence-electron chi connectivity index (χ0n) is 9.75. The van der Waals surface area contributed by atoms with Crippen LogP contribution in [0.15, 0.2) is 12.1 Å². The highest BCUT2D eigenvalue weighted by molar-refractivity contribution is 6.18. The fourth-order valence-electron chi connectivity index (χ4n) is 2.02. The maximum Gasteiger partial charge on any atom is 0.227 e. The molecule has 98 valence electrons. The number of hydrogen-bond acceptors (Lipinski definition) is 2. The topological polar surface area (TPSA) is 29.5 Å². The van der Waals surface area contributed by atoms with Crippen molar-refractivity contribution in [2.24, 2.45) is 5.92 Å². The number of halogens is 3. The maximum atomic E-state index is 13.8. The summed E-state index contributed by atoms with van der Waals surface area (Å²) in [6.45, 7) is 0.239. The zero-order valence-corrected chi connectivity index (χ0v) is 10.5. The van der Waals surface area contributed by atoms with Crippen molar-refractivity contribution in [2.75, 3.05) is 24.4 Å². The monoisotopic (exact) mass is 275 g/mol. The Morgan fingerprint density at radius 3 is 2.50 bits per heavy atom. The van der Waals surface area contributed by atoms with E-state index in [1.807, 2.05) is 0 Å². The van der Waals surface area contributed by atoms with Gasteiger partial charge >= 0.3 is 0 Å². The molecule has 1 atom stereocenters. The molecule has 1 unspecified atom stereocenters. The molecule has 3 nitrogen and oxygen atoms in total. The molecule has 1 saturated heterocycles. The second kappa shape index (κ2) is 5.10. The molecule has 0 bridgehead atoms. The number of anilines is 1. The molecule has 0 spiro atoms. The Labute approximate surface area is 108 Å². The molecule has 0 aliphatic carbocycles. The number of carbonyl (C=O) groups excluding carboxylic acids is 1. The van der Waals surface area contributed by atoms with Gasteiger partial charge in [0.2, 0.25) is 5.91 Å². The van der Waals surface area contributed by atoms with Crippen molar-refractivity contribution in [3.63, 3.8) is 0 Å². The van der Waals surface area contributed by atoms with E-state index in [2.05, 4.69) is 0 Å². The summed E-state index contributed by atoms with van der Waals surface area (Å²) in [5, 5.41) is 0. The second-order valence-electron chi connectivity index (χ2n) is 4.17. The van der Waals surface area contributed by atoms with E-state index in [0.717, 1.165) is 17.0 Å². The Morgan fingerprint density at radius 1 is 1.44 bits per heavy atom. The van der Waals surface area contributed by atoms with E-state index in [1.165, 1.54) is 7.11 Å². The van der Waals surface area contributed by atoms with E-state index in [1.54, 1.807) is 0 Å². The van der Waals surface area contributed by atoms with Gasteiger partial charge in [0.05, 0.1) is 7.11 Å². The van der Waals surface area contributed by atoms with Gasteiger partial charge < -0.3 is 9.64 Å². The maximum absolute atomic E-state index is 13.8. The first kappa shape index (κ1) is 13.1. The second-order valence-corrected chi connectivity index (χ2v) is 4.48. The third kappa shape index (κ3) is 2.27. The number of benzene rings is 1. The normalized spacial score (nSPS) is 19.4. The van der Waals surface area contributed by atoms with Crippen LogP contribution in [-0.2, 0) is 4.79 Å². The van der Waals surface area contributed by atoms with Crippen molar-refractivity contribution in [3.8, 4) is 5.75 Å². The lowest BCUT2D eigenvalue weighted by Gasteiger charge is -2.18. The Morgan fingerprint density at radius 2 is 2.06 bits per heavy atom. The van der Waals surface area contributed by atoms with E-state index in [-0.39, 0.29) is 36.2 Å². The number of ether oxygens (including phenoxy) is 1. The van der Waals surface area contributed by atoms with Crippen molar-refractivity contribution >= 4 is 23.2 Å². The summed E-state index contributed by atoms with van der Waals surface area (Å²) < 4.78 is 32.4. The van der Waals surface area contributed by atoms with Crippen molar-refractivity contribution in [3.05, 3.63) is 23.8 Å². The first-order chi connectivity index (χ1) is 8.56. The lowest BCUT2D eigenvalue weighted by molar-refractivity contribution is -0.117. The van der Waals surface area contributed by atoms with Gasteiger partial charge in [0.1, 0.15) is 11.4 Å². The summed E-state index contributed by atoms with van der Waals surface area (Å²) in [6.07, 6.45) is 0.217. The Hall–Kier alpha value is -1.36. The highest BCUT2D eigenvalue weighted by atomic mass is 35.5. The van der Waals surface area contributed by atoms with Crippen molar-refractivity contribution in [1.82, 2.24) is 0 Å². The van der Waals surface area contributed by atoms with Crippen LogP contribution in [0.25, 0.3) is 0 Å². The number of methoxy groups -OCH3 is 1. The molecule has 6 heteroatoms. The number of amides is 1. The fraction of sp³-hybridized carbons (Fsp3) is 0.417. The average Bonchev–Trinajstić information content (AvgIpc) is 2.70. The molecule has 0 saturated carbocycles. The number of alkyl halides is 1. The zero-order chi connectivity index (χ0) is 13.3. The first-order valence-electron chi connectivity index (χ1n) is 5.46. The highest BCUT2D eigenvalue weighted by Crippen LogP contribution is 2.32. The molecule has 1 heterocycles. The molecule has 0 aromatic heterocycles. The predicted octanol–water partition coefficient (Wildman–Crippen LogP) is 2.57. The van der Waals surface area contributed by atoms with Gasteiger partial charge in [0, 0.05) is 31.0 Å². The number of rotatable bonds is 3. The predicted molar refractivity (Wildman–Crippen MR) is 64.1 cm³/mol. The van der Waals surface area contributed by atoms with E-state index in [9.17, 15) is 13.6 Å². The molecule has 1 aromatic carbocycles. The van der Waals surface area contributed by atoms with Gasteiger partial charge in [-0.05, 0) is 5.92 Å². The van der Waals surface area contributed by atoms with E-state index < -0.39 is 11.6 Å². The first-order valence-corrected chi connectivity index (χ1v) is 5.99. The van der Waals surface area contributed by atoms with Gasteiger partial charge in [-0.3, -0.25) is 4.79 Å². The van der Waals surface area contributed by atoms with Crippen LogP contribution >= 0.6 is 11.6 Å². The van der Waals surface area contributed by atoms with Crippen LogP contribution in [0.4, 0.5) is 14.5 Å². The number of hydrogen-bond donors (Lipinski definition) is 0. The molecule has 1 aromatic rings. The van der Waals surface area contributed by atoms with Crippen LogP contribution in [0.3, 0.4) is 0 Å². The van der Waals surface area contributed by atoms with E-state index in [4.69, 9.17) is 16.3 Å². The van der Waals surface area contributed by atoms with Gasteiger partial charge in [-0.25, -0.2) is 8.78 Å². The van der Waals surface area contributed by atoms with Crippen LogP contribution in [0.2, 0.25) is 0 Å². The minimum Gasteiger partial charge on any atom is -0.497 e. The van der Waals surface area contributed by atoms with Gasteiger partial charge in [-0.1, -0.05) is 0 Å². The third-order valence-electron chi connectivity index (χ3n) is 2.92. The van der Waals surface area contributed by atoms with Crippen LogP contribution in [0.5, 0.6) is 5.75 Å². The van der Waals surface area contributed by atoms with Crippen LogP contribution in [0, 0.1) is 17.6 Å². The lowest BCUT2D eigenvalue weighted by Crippen LogP contribution is -2.26. The van der Waals surface area contributed by atoms with E-state index >= 15 is 0 Å². The summed E-state index contributed by atoms with van der Waals surface area (Å²) in [6, 6.07) is 2.11. The van der Waals surface area contributed by atoms with Crippen molar-refractivity contribution in [1.29, 1.82) is 0 Å². The summed E-state index contributed by atoms with van der Waals surface area (Å²) in [5.74, 6) is -1.63. The molecule has 0 radical (unpaired) electrons. The van der Waals surface area contributed by atoms with Crippen molar-refractivity contribution < 1.29 is 18.3 Å². The fourth-order valence-corrected chi connectivity index (χ4v) is 2.23. The summed E-state index contributed by atoms with van der Waals surface area (Å²) in [5.41, 5.74) is -0.326.